The Morgan fingerprint density at radius 2 is 0.424 bits per heavy atom. The SMILES string of the molecule is CCCCCCc1cc(-c2sc(-c3sc(-c4sc(-c5ccc(-c6cc(CCCCCC)c(-c7cc(CCCCCC)c(-c8cc(CCCCCC)c(-c9cc(CCCCCC)c(Br)s9)s8)s7)s6)c6nsnc56)cc4CCCCCC)cc3CCCCCC)cc2CCCCCC)sc1Br. The first-order valence-corrected chi connectivity index (χ1v) is 48.1. The van der Waals surface area contributed by atoms with Crippen LogP contribution in [0.5, 0.6) is 0 Å². The summed E-state index contributed by atoms with van der Waals surface area (Å²) in [6.07, 6.45) is 50.0. The molecule has 10 aromatic rings. The second-order valence-electron chi connectivity index (χ2n) is 28.2. The Morgan fingerprint density at radius 1 is 0.232 bits per heavy atom. The molecule has 0 aliphatic heterocycles. The molecule has 0 aliphatic rings. The van der Waals surface area contributed by atoms with Gasteiger partial charge in [0.05, 0.1) is 19.3 Å². The van der Waals surface area contributed by atoms with Gasteiger partial charge in [0.25, 0.3) is 0 Å². The van der Waals surface area contributed by atoms with E-state index in [-0.39, 0.29) is 0 Å². The van der Waals surface area contributed by atoms with Gasteiger partial charge in [0.1, 0.15) is 11.0 Å². The average molecular weight is 1620 g/mol. The summed E-state index contributed by atoms with van der Waals surface area (Å²) in [6.45, 7) is 18.7. The highest BCUT2D eigenvalue weighted by atomic mass is 79.9. The van der Waals surface area contributed by atoms with Crippen molar-refractivity contribution in [2.75, 3.05) is 0 Å². The van der Waals surface area contributed by atoms with Crippen LogP contribution in [0, 0.1) is 0 Å². The van der Waals surface area contributed by atoms with Crippen LogP contribution < -0.4 is 0 Å². The molecule has 0 radical (unpaired) electrons. The second-order valence-corrected chi connectivity index (χ2v) is 39.8. The number of unbranched alkanes of at least 4 members (excludes halogenated alkanes) is 24. The summed E-state index contributed by atoms with van der Waals surface area (Å²) in [7, 11) is 0. The van der Waals surface area contributed by atoms with Gasteiger partial charge >= 0.3 is 0 Å². The van der Waals surface area contributed by atoms with Crippen LogP contribution in [0.25, 0.3) is 90.4 Å². The molecule has 10 rings (SSSR count). The van der Waals surface area contributed by atoms with Gasteiger partial charge in [-0.1, -0.05) is 222 Å². The van der Waals surface area contributed by atoms with E-state index in [0.29, 0.717) is 0 Å². The smallest absolute Gasteiger partial charge is 0.114 e. The molecule has 0 amide bonds. The van der Waals surface area contributed by atoms with Crippen LogP contribution in [0.2, 0.25) is 0 Å². The van der Waals surface area contributed by atoms with Gasteiger partial charge < -0.3 is 0 Å². The van der Waals surface area contributed by atoms with E-state index < -0.39 is 0 Å². The predicted octanol–water partition coefficient (Wildman–Crippen LogP) is 34.0. The molecule has 536 valence electrons. The largest absolute Gasteiger partial charge is 0.172 e. The fourth-order valence-corrected chi connectivity index (χ4v) is 26.5. The van der Waals surface area contributed by atoms with Gasteiger partial charge in [-0.25, -0.2) is 0 Å². The van der Waals surface area contributed by atoms with Crippen molar-refractivity contribution >= 4 is 145 Å². The zero-order chi connectivity index (χ0) is 69.3. The van der Waals surface area contributed by atoms with Crippen molar-refractivity contribution in [2.24, 2.45) is 0 Å². The lowest BCUT2D eigenvalue weighted by molar-refractivity contribution is 0.667. The van der Waals surface area contributed by atoms with Crippen LogP contribution in [0.4, 0.5) is 0 Å². The quantitative estimate of drug-likeness (QED) is 0.0355. The number of hydrogen-bond acceptors (Lipinski definition) is 11. The Hall–Kier alpha value is -2.40. The summed E-state index contributed by atoms with van der Waals surface area (Å²) in [5.41, 5.74) is 16.8. The number of hydrogen-bond donors (Lipinski definition) is 0. The summed E-state index contributed by atoms with van der Waals surface area (Å²) in [6, 6.07) is 25.7. The van der Waals surface area contributed by atoms with E-state index in [1.54, 1.807) is 22.3 Å². The molecule has 0 unspecified atom stereocenters. The van der Waals surface area contributed by atoms with Crippen molar-refractivity contribution in [1.82, 2.24) is 8.75 Å². The zero-order valence-electron chi connectivity index (χ0n) is 61.4. The zero-order valence-corrected chi connectivity index (χ0v) is 71.9. The van der Waals surface area contributed by atoms with Crippen LogP contribution in [-0.2, 0) is 51.4 Å². The van der Waals surface area contributed by atoms with Gasteiger partial charge in [-0.3, -0.25) is 0 Å². The number of halogens is 2. The minimum atomic E-state index is 1.06. The highest BCUT2D eigenvalue weighted by molar-refractivity contribution is 9.11. The molecule has 0 bridgehead atoms. The van der Waals surface area contributed by atoms with Crippen molar-refractivity contribution in [3.63, 3.8) is 0 Å². The summed E-state index contributed by atoms with van der Waals surface area (Å²) >= 11 is 25.9. The predicted molar refractivity (Wildman–Crippen MR) is 462 cm³/mol. The minimum Gasteiger partial charge on any atom is -0.172 e. The molecule has 0 aliphatic carbocycles. The number of benzene rings is 1. The first-order valence-electron chi connectivity index (χ1n) is 39.2. The molecular formula is C86H114Br2N2S9. The molecule has 9 aromatic heterocycles. The summed E-state index contributed by atoms with van der Waals surface area (Å²) in [5.74, 6) is 0. The maximum Gasteiger partial charge on any atom is 0.114 e. The van der Waals surface area contributed by atoms with Gasteiger partial charge in [0.15, 0.2) is 0 Å². The first-order chi connectivity index (χ1) is 48.6. The van der Waals surface area contributed by atoms with E-state index in [1.807, 2.05) is 45.3 Å². The maximum absolute atomic E-state index is 5.26. The Bertz CT molecular complexity index is 3760. The van der Waals surface area contributed by atoms with Crippen LogP contribution in [-0.4, -0.2) is 8.75 Å². The summed E-state index contributed by atoms with van der Waals surface area (Å²) in [5, 5.41) is 0. The van der Waals surface area contributed by atoms with Crippen LogP contribution in [0.15, 0.2) is 68.2 Å². The van der Waals surface area contributed by atoms with E-state index >= 15 is 0 Å². The Morgan fingerprint density at radius 3 is 0.657 bits per heavy atom. The van der Waals surface area contributed by atoms with Crippen molar-refractivity contribution in [1.29, 1.82) is 0 Å². The molecule has 1 aromatic carbocycles. The molecule has 0 saturated carbocycles. The average Bonchev–Trinajstić information content (AvgIpc) is 1.62. The van der Waals surface area contributed by atoms with E-state index in [1.165, 1.54) is 326 Å². The number of fused-ring (bicyclic) bond motifs is 1. The lowest BCUT2D eigenvalue weighted by Crippen LogP contribution is -1.87. The van der Waals surface area contributed by atoms with Crippen LogP contribution in [0.1, 0.15) is 305 Å². The van der Waals surface area contributed by atoms with Gasteiger partial charge in [0.2, 0.25) is 0 Å². The molecule has 0 saturated heterocycles. The Kier molecular flexibility index (Phi) is 33.6. The van der Waals surface area contributed by atoms with E-state index in [0.717, 1.165) is 62.4 Å². The number of aromatic nitrogens is 2. The normalized spacial score (nSPS) is 11.9. The molecule has 13 heteroatoms. The number of nitrogens with zero attached hydrogens (tertiary/aromatic N) is 2. The lowest BCUT2D eigenvalue weighted by atomic mass is 10.0. The first kappa shape index (κ1) is 79.2. The highest BCUT2D eigenvalue weighted by Crippen LogP contribution is 2.54. The van der Waals surface area contributed by atoms with E-state index in [2.05, 4.69) is 193 Å². The highest BCUT2D eigenvalue weighted by Gasteiger charge is 2.27. The fourth-order valence-electron chi connectivity index (χ4n) is 14.2. The van der Waals surface area contributed by atoms with E-state index in [9.17, 15) is 0 Å². The van der Waals surface area contributed by atoms with E-state index in [4.69, 9.17) is 8.75 Å². The Labute approximate surface area is 651 Å². The van der Waals surface area contributed by atoms with Crippen LogP contribution in [0.3, 0.4) is 0 Å². The molecule has 0 spiro atoms. The van der Waals surface area contributed by atoms with Crippen molar-refractivity contribution in [3.8, 4) is 79.4 Å². The maximum atomic E-state index is 5.26. The summed E-state index contributed by atoms with van der Waals surface area (Å²) in [4.78, 5) is 20.4. The topological polar surface area (TPSA) is 25.8 Å². The van der Waals surface area contributed by atoms with Gasteiger partial charge in [-0.2, -0.15) is 8.75 Å². The number of thiophene rings is 8. The van der Waals surface area contributed by atoms with Crippen molar-refractivity contribution in [2.45, 2.75) is 312 Å². The molecule has 99 heavy (non-hydrogen) atoms. The van der Waals surface area contributed by atoms with Gasteiger partial charge in [-0.15, -0.1) is 90.7 Å². The fraction of sp³-hybridized carbons (Fsp3) is 0.558. The van der Waals surface area contributed by atoms with Gasteiger partial charge in [-0.05, 0) is 228 Å². The number of aryl methyl sites for hydroxylation is 8. The Balaban J connectivity index is 1.02. The molecule has 9 heterocycles. The molecular weight excluding hydrogens is 1510 g/mol. The van der Waals surface area contributed by atoms with Crippen LogP contribution >= 0.6 is 134 Å². The molecule has 2 nitrogen and oxygen atoms in total. The third-order valence-corrected chi connectivity index (χ3v) is 32.7. The van der Waals surface area contributed by atoms with Crippen molar-refractivity contribution in [3.05, 3.63) is 113 Å². The second kappa shape index (κ2) is 42.1. The molecule has 0 atom stereocenters. The number of rotatable bonds is 48. The molecule has 0 N–H and O–H groups in total. The van der Waals surface area contributed by atoms with Crippen molar-refractivity contribution < 1.29 is 0 Å². The standard InChI is InChI=1S/C86H114Br2N2S9/c1-9-17-25-33-41-59-51-69(91-79(59)71-53-61(43-35-27-19-11-3)81(93-71)73-55-63(45-37-29-21-13-5)83(95-73)75-57-65(85(87)97-75)47-39-31-23-15-7)67-49-50-68(78-77(67)89-99-90-78)70-52-60(42-34-26-18-10-2)80(92-70)72-54-62(44-36-28-20-12-4)82(94-72)74-56-64(46-38-30-22-14-6)84(96-74)76-58-66(86(88)98-76)48-40-32-24-16-8/h49-58H,9-48H2,1-8H3. The minimum absolute atomic E-state index is 1.06. The monoisotopic (exact) mass is 1620 g/mol. The molecule has 0 fully saturated rings. The third-order valence-electron chi connectivity index (χ3n) is 20.1. The third kappa shape index (κ3) is 21.7. The lowest BCUT2D eigenvalue weighted by Gasteiger charge is -2.03. The van der Waals surface area contributed by atoms with Gasteiger partial charge in [0, 0.05) is 79.4 Å². The summed E-state index contributed by atoms with van der Waals surface area (Å²) < 4.78 is 13.2.